The lowest BCUT2D eigenvalue weighted by molar-refractivity contribution is 1.36. The lowest BCUT2D eigenvalue weighted by atomic mass is 9.94. The second-order valence-electron chi connectivity index (χ2n) is 19.1. The van der Waals surface area contributed by atoms with Crippen LogP contribution in [0, 0.1) is 27.6 Å². The summed E-state index contributed by atoms with van der Waals surface area (Å²) in [5.74, 6) is 0. The van der Waals surface area contributed by atoms with Crippen molar-refractivity contribution in [2.75, 3.05) is 0 Å². The van der Waals surface area contributed by atoms with Crippen molar-refractivity contribution in [3.8, 4) is 0 Å². The number of aryl methyl sites for hydroxylation is 4. The number of pyridine rings is 6. The van der Waals surface area contributed by atoms with E-state index < -0.39 is 0 Å². The van der Waals surface area contributed by atoms with Crippen LogP contribution >= 0.6 is 0 Å². The molecule has 0 bridgehead atoms. The highest BCUT2D eigenvalue weighted by Gasteiger charge is 2.12. The van der Waals surface area contributed by atoms with Crippen LogP contribution in [0.2, 0.25) is 0 Å². The second kappa shape index (κ2) is 19.2. The molecule has 0 fully saturated rings. The standard InChI is InChI=1S/2C18H13N.2C17H12N2.10H2/c1-12-8-9-14-13-5-2-3-6-15(13)18-16(17(14)11-12)7-4-10-19-18;1-12-6-7-15-13-4-2-3-5-14(13)16-8-9-19-11-18(16)17(15)10-12;1-11-2-3-12-13-4-6-18-9-16(13)14-5-7-19-10-17(14)15(12)8-11;1-11-4-5-12-13-3-2-7-19-17(13)14-6-8-18-10-16(14)15(12)9-11;;;;;;;;;;/h2*2-11H,1H3;2*2-10H,1H3;10*1H/i4*1D;10*1+1D. The van der Waals surface area contributed by atoms with Crippen LogP contribution < -0.4 is 0 Å². The Bertz CT molecular complexity index is 4330. The van der Waals surface area contributed by atoms with Crippen molar-refractivity contribution in [1.82, 2.24) is 29.9 Å². The Morgan fingerprint density at radius 1 is 0.250 bits per heavy atom. The lowest BCUT2D eigenvalue weighted by Gasteiger charge is -2.10. The molecule has 0 saturated carbocycles. The molecule has 0 spiro atoms. The first-order valence-electron chi connectivity index (χ1n) is 37.9. The molecule has 380 valence electrons. The Balaban J connectivity index is 0.000000319. The fourth-order valence-electron chi connectivity index (χ4n) is 11.1. The monoisotopic (exact) mass is 1020 g/mol. The molecule has 0 atom stereocenters. The molecule has 0 radical (unpaired) electrons. The highest BCUT2D eigenvalue weighted by Crippen LogP contribution is 2.38. The van der Waals surface area contributed by atoms with Crippen LogP contribution in [0.5, 0.6) is 0 Å². The maximum Gasteiger partial charge on any atom is 0.0787 e. The lowest BCUT2D eigenvalue weighted by Crippen LogP contribution is -1.86. The van der Waals surface area contributed by atoms with Crippen LogP contribution in [-0.4, -0.2) is 29.9 Å². The summed E-state index contributed by atoms with van der Waals surface area (Å²) in [6.07, 6.45) is 18.6. The van der Waals surface area contributed by atoms with Gasteiger partial charge < -0.3 is 0 Å². The number of hydrogen-bond acceptors (Lipinski definition) is 6. The molecule has 6 heterocycles. The summed E-state index contributed by atoms with van der Waals surface area (Å²) in [7, 11) is 0. The third kappa shape index (κ3) is 8.08. The van der Waals surface area contributed by atoms with Gasteiger partial charge in [-0.25, -0.2) is 0 Å². The van der Waals surface area contributed by atoms with Crippen LogP contribution in [0.1, 0.15) is 57.4 Å². The van der Waals surface area contributed by atoms with E-state index in [1.54, 1.807) is 6.20 Å². The van der Waals surface area contributed by atoms with Gasteiger partial charge in [-0.3, -0.25) is 29.9 Å². The predicted octanol–water partition coefficient (Wildman–Crippen LogP) is 20.6. The molecule has 0 aliphatic rings. The first-order valence-corrected chi connectivity index (χ1v) is 25.1. The molecule has 0 amide bonds. The van der Waals surface area contributed by atoms with E-state index in [9.17, 15) is 0 Å². The number of fused-ring (bicyclic) bond motifs is 24. The molecule has 16 aromatic rings. The van der Waals surface area contributed by atoms with E-state index in [0.717, 1.165) is 87.1 Å². The molecule has 0 N–H and O–H groups in total. The SMILES string of the molecule is [2H]Cc1ccc2c(c1)c1cnccc1c1ncccc21.[2H]Cc1ccc2c3ccccc3c3ccncc3c2c1.[2H]Cc1ccc2c3ccccc3c3ncccc3c2c1.[2H]Cc1ccc2c3ccncc3c3ccncc3c2c1.[2H][2H].[2H][2H].[2H][2H].[2H][2H].[2H][2H].[2H][2H].[2H][2H].[2H][2H].[2H][2H].[2H][2H]. The van der Waals surface area contributed by atoms with Gasteiger partial charge in [-0.05, 0) is 139 Å². The minimum absolute atomic E-state index is 0.294. The number of benzene rings is 10. The Kier molecular flexibility index (Phi) is 8.39. The van der Waals surface area contributed by atoms with Gasteiger partial charge in [-0.15, -0.1) is 0 Å². The van der Waals surface area contributed by atoms with E-state index in [1.807, 2.05) is 104 Å². The van der Waals surface area contributed by atoms with Crippen LogP contribution in [0.25, 0.3) is 130 Å². The zero-order chi connectivity index (χ0) is 74.1. The van der Waals surface area contributed by atoms with Gasteiger partial charge in [0.25, 0.3) is 0 Å². The summed E-state index contributed by atoms with van der Waals surface area (Å²) in [5, 5.41) is 26.0. The van der Waals surface area contributed by atoms with E-state index in [2.05, 4.69) is 151 Å². The van der Waals surface area contributed by atoms with Crippen LogP contribution in [0.15, 0.2) is 232 Å². The smallest absolute Gasteiger partial charge is 0.0787 e. The third-order valence-corrected chi connectivity index (χ3v) is 14.5. The molecule has 10 aromatic carbocycles. The highest BCUT2D eigenvalue weighted by atomic mass is 14.7. The van der Waals surface area contributed by atoms with Crippen LogP contribution in [0.4, 0.5) is 0 Å². The molecule has 16 rings (SSSR count). The first-order chi connectivity index (χ1) is 49.5. The summed E-state index contributed by atoms with van der Waals surface area (Å²) in [6.45, 7) is 1.21. The number of aromatic nitrogens is 6. The Morgan fingerprint density at radius 3 is 0.908 bits per heavy atom. The summed E-state index contributed by atoms with van der Waals surface area (Å²) < 4.78 is 130. The molecule has 0 aliphatic carbocycles. The Morgan fingerprint density at radius 2 is 0.500 bits per heavy atom. The topological polar surface area (TPSA) is 77.3 Å². The third-order valence-electron chi connectivity index (χ3n) is 14.5. The van der Waals surface area contributed by atoms with Gasteiger partial charge in [0.05, 0.1) is 11.0 Å². The fourth-order valence-corrected chi connectivity index (χ4v) is 11.1. The van der Waals surface area contributed by atoms with E-state index in [-0.39, 0.29) is 0 Å². The largest absolute Gasteiger partial charge is 0.264 e. The number of hydrogen-bond donors (Lipinski definition) is 0. The van der Waals surface area contributed by atoms with E-state index in [4.69, 9.17) is 35.2 Å². The quantitative estimate of drug-likeness (QED) is 0.141. The summed E-state index contributed by atoms with van der Waals surface area (Å²) in [6, 6.07) is 58.2. The zero-order valence-corrected chi connectivity index (χ0v) is 41.5. The average Bonchev–Trinajstić information content (AvgIpc) is 0.776. The summed E-state index contributed by atoms with van der Waals surface area (Å²) >= 11 is 0. The summed E-state index contributed by atoms with van der Waals surface area (Å²) in [5.41, 5.74) is 6.17. The molecule has 0 aliphatic heterocycles. The normalized spacial score (nSPS) is 13.2. The number of nitrogens with zero attached hydrogens (tertiary/aromatic N) is 6. The predicted molar refractivity (Wildman–Crippen MR) is 343 cm³/mol. The minimum atomic E-state index is 0.294. The van der Waals surface area contributed by atoms with Crippen molar-refractivity contribution in [3.63, 3.8) is 0 Å². The molecule has 6 aromatic heterocycles. The molecule has 6 nitrogen and oxygen atoms in total. The van der Waals surface area contributed by atoms with Crippen molar-refractivity contribution in [1.29, 1.82) is 0 Å². The van der Waals surface area contributed by atoms with Crippen molar-refractivity contribution in [3.05, 3.63) is 254 Å². The van der Waals surface area contributed by atoms with Gasteiger partial charge in [0.15, 0.2) is 0 Å². The van der Waals surface area contributed by atoms with Gasteiger partial charge >= 0.3 is 0 Å². The van der Waals surface area contributed by atoms with E-state index >= 15 is 0 Å². The van der Waals surface area contributed by atoms with Crippen molar-refractivity contribution in [2.24, 2.45) is 0 Å². The number of rotatable bonds is 0. The molecule has 0 unspecified atom stereocenters. The van der Waals surface area contributed by atoms with Crippen molar-refractivity contribution < 1.29 is 35.2 Å². The van der Waals surface area contributed by atoms with Crippen LogP contribution in [0.3, 0.4) is 0 Å². The maximum absolute atomic E-state index is 7.57. The maximum atomic E-state index is 7.57. The molecule has 6 heteroatoms. The Hall–Kier alpha value is -9.78. The second-order valence-corrected chi connectivity index (χ2v) is 19.1. The highest BCUT2D eigenvalue weighted by molar-refractivity contribution is 6.27. The van der Waals surface area contributed by atoms with E-state index in [1.165, 1.54) is 64.6 Å². The van der Waals surface area contributed by atoms with Gasteiger partial charge in [0.1, 0.15) is 0 Å². The van der Waals surface area contributed by atoms with Crippen molar-refractivity contribution >= 4 is 130 Å². The zero-order valence-electron chi connectivity index (χ0n) is 65.5. The minimum Gasteiger partial charge on any atom is -0.264 e. The molecule has 0 saturated heterocycles. The fraction of sp³-hybridized carbons (Fsp3) is 0.0571. The van der Waals surface area contributed by atoms with Crippen molar-refractivity contribution in [2.45, 2.75) is 27.6 Å². The van der Waals surface area contributed by atoms with Gasteiger partial charge in [0.2, 0.25) is 0 Å². The van der Waals surface area contributed by atoms with Gasteiger partial charge in [0, 0.05) is 140 Å². The van der Waals surface area contributed by atoms with Gasteiger partial charge in [-0.1, -0.05) is 156 Å². The van der Waals surface area contributed by atoms with E-state index in [0.29, 0.717) is 27.6 Å². The first kappa shape index (κ1) is 33.1. The van der Waals surface area contributed by atoms with Gasteiger partial charge in [-0.2, -0.15) is 0 Å². The Labute approximate surface area is 475 Å². The molecular weight excluding hydrogens is 925 g/mol. The van der Waals surface area contributed by atoms with Crippen LogP contribution in [-0.2, 0) is 0 Å². The average molecular weight is 1020 g/mol. The molecular formula is C70H70N6. The molecule has 76 heavy (non-hydrogen) atoms. The summed E-state index contributed by atoms with van der Waals surface area (Å²) in [4.78, 5) is 26.1.